The molecule has 3 aromatic rings. The van der Waals surface area contributed by atoms with E-state index < -0.39 is 0 Å². The third-order valence-corrected chi connectivity index (χ3v) is 5.75. The van der Waals surface area contributed by atoms with Crippen LogP contribution >= 0.6 is 0 Å². The number of piperazine rings is 1. The summed E-state index contributed by atoms with van der Waals surface area (Å²) in [6, 6.07) is 15.4. The predicted molar refractivity (Wildman–Crippen MR) is 122 cm³/mol. The smallest absolute Gasteiger partial charge is 0.253 e. The summed E-state index contributed by atoms with van der Waals surface area (Å²) in [6.45, 7) is 11.1. The van der Waals surface area contributed by atoms with Crippen molar-refractivity contribution in [2.75, 3.05) is 32.7 Å². The molecule has 0 radical (unpaired) electrons. The molecule has 1 aromatic heterocycles. The Morgan fingerprint density at radius 3 is 2.29 bits per heavy atom. The van der Waals surface area contributed by atoms with Gasteiger partial charge in [0.25, 0.3) is 5.91 Å². The lowest BCUT2D eigenvalue weighted by molar-refractivity contribution is 0.0632. The van der Waals surface area contributed by atoms with Gasteiger partial charge in [0.15, 0.2) is 0 Å². The quantitative estimate of drug-likeness (QED) is 0.589. The lowest BCUT2D eigenvalue weighted by atomic mass is 10.1. The van der Waals surface area contributed by atoms with Crippen LogP contribution in [0.1, 0.15) is 36.2 Å². The van der Waals surface area contributed by atoms with Crippen LogP contribution in [0.4, 0.5) is 0 Å². The van der Waals surface area contributed by atoms with Crippen LogP contribution in [0.5, 0.6) is 0 Å². The van der Waals surface area contributed by atoms with Crippen molar-refractivity contribution in [1.82, 2.24) is 20.0 Å². The average molecular weight is 419 g/mol. The molecule has 2 heterocycles. The largest absolute Gasteiger partial charge is 0.416 e. The molecule has 6 nitrogen and oxygen atoms in total. The molecule has 162 valence electrons. The first kappa shape index (κ1) is 21.2. The fraction of sp³-hybridized carbons (Fsp3) is 0.400. The summed E-state index contributed by atoms with van der Waals surface area (Å²) in [4.78, 5) is 17.3. The SMILES string of the molecule is Cc1cccc(-c2nnc(-c3ccc(C(=O)N4CCN(CCC(C)C)CC4)cc3)o2)c1. The molecule has 31 heavy (non-hydrogen) atoms. The summed E-state index contributed by atoms with van der Waals surface area (Å²) in [5.41, 5.74) is 3.54. The number of hydrogen-bond donors (Lipinski definition) is 0. The number of benzene rings is 2. The van der Waals surface area contributed by atoms with E-state index in [2.05, 4.69) is 28.9 Å². The third-order valence-electron chi connectivity index (χ3n) is 5.75. The van der Waals surface area contributed by atoms with Gasteiger partial charge in [-0.1, -0.05) is 31.5 Å². The van der Waals surface area contributed by atoms with Crippen LogP contribution in [0.15, 0.2) is 52.9 Å². The van der Waals surface area contributed by atoms with Crippen LogP contribution in [0.2, 0.25) is 0 Å². The van der Waals surface area contributed by atoms with Crippen molar-refractivity contribution < 1.29 is 9.21 Å². The molecule has 0 atom stereocenters. The van der Waals surface area contributed by atoms with Crippen LogP contribution < -0.4 is 0 Å². The molecule has 1 aliphatic heterocycles. The molecule has 0 saturated carbocycles. The molecular weight excluding hydrogens is 388 g/mol. The van der Waals surface area contributed by atoms with Crippen molar-refractivity contribution in [3.8, 4) is 22.9 Å². The Labute approximate surface area is 183 Å². The number of aryl methyl sites for hydroxylation is 1. The summed E-state index contributed by atoms with van der Waals surface area (Å²) >= 11 is 0. The van der Waals surface area contributed by atoms with E-state index in [1.807, 2.05) is 60.4 Å². The molecular formula is C25H30N4O2. The highest BCUT2D eigenvalue weighted by Crippen LogP contribution is 2.25. The van der Waals surface area contributed by atoms with Crippen LogP contribution in [-0.4, -0.2) is 58.6 Å². The Morgan fingerprint density at radius 1 is 0.968 bits per heavy atom. The molecule has 1 fully saturated rings. The molecule has 1 aliphatic rings. The van der Waals surface area contributed by atoms with Gasteiger partial charge < -0.3 is 9.32 Å². The Morgan fingerprint density at radius 2 is 1.65 bits per heavy atom. The van der Waals surface area contributed by atoms with Gasteiger partial charge in [0.1, 0.15) is 0 Å². The minimum absolute atomic E-state index is 0.0843. The Hall–Kier alpha value is -2.99. The van der Waals surface area contributed by atoms with E-state index in [9.17, 15) is 4.79 Å². The molecule has 0 unspecified atom stereocenters. The van der Waals surface area contributed by atoms with Crippen molar-refractivity contribution in [1.29, 1.82) is 0 Å². The van der Waals surface area contributed by atoms with Crippen molar-refractivity contribution in [2.45, 2.75) is 27.2 Å². The molecule has 0 bridgehead atoms. The molecule has 0 N–H and O–H groups in total. The molecule has 1 amide bonds. The number of rotatable bonds is 6. The van der Waals surface area contributed by atoms with E-state index in [4.69, 9.17) is 4.42 Å². The highest BCUT2D eigenvalue weighted by Gasteiger charge is 2.22. The van der Waals surface area contributed by atoms with Gasteiger partial charge in [-0.15, -0.1) is 10.2 Å². The molecule has 4 rings (SSSR count). The zero-order chi connectivity index (χ0) is 21.8. The second-order valence-corrected chi connectivity index (χ2v) is 8.68. The van der Waals surface area contributed by atoms with Gasteiger partial charge in [0.2, 0.25) is 11.8 Å². The van der Waals surface area contributed by atoms with Crippen molar-refractivity contribution in [2.24, 2.45) is 5.92 Å². The number of aromatic nitrogens is 2. The van der Waals surface area contributed by atoms with Crippen LogP contribution in [0.3, 0.4) is 0 Å². The standard InChI is InChI=1S/C25H30N4O2/c1-18(2)11-12-28-13-15-29(16-14-28)25(30)21-9-7-20(8-10-21)23-26-27-24(31-23)22-6-4-5-19(3)17-22/h4-10,17-18H,11-16H2,1-3H3. The number of nitrogens with zero attached hydrogens (tertiary/aromatic N) is 4. The highest BCUT2D eigenvalue weighted by atomic mass is 16.4. The average Bonchev–Trinajstić information content (AvgIpc) is 3.28. The minimum atomic E-state index is 0.0843. The maximum absolute atomic E-state index is 12.9. The molecule has 0 spiro atoms. The summed E-state index contributed by atoms with van der Waals surface area (Å²) in [5.74, 6) is 1.74. The number of hydrogen-bond acceptors (Lipinski definition) is 5. The second-order valence-electron chi connectivity index (χ2n) is 8.68. The Kier molecular flexibility index (Phi) is 6.47. The zero-order valence-electron chi connectivity index (χ0n) is 18.5. The summed E-state index contributed by atoms with van der Waals surface area (Å²) < 4.78 is 5.86. The summed E-state index contributed by atoms with van der Waals surface area (Å²) in [7, 11) is 0. The van der Waals surface area contributed by atoms with Gasteiger partial charge in [0, 0.05) is 42.9 Å². The fourth-order valence-electron chi connectivity index (χ4n) is 3.79. The number of carbonyl (C=O) groups excluding carboxylic acids is 1. The third kappa shape index (κ3) is 5.20. The lowest BCUT2D eigenvalue weighted by Gasteiger charge is -2.35. The van der Waals surface area contributed by atoms with Crippen molar-refractivity contribution >= 4 is 5.91 Å². The van der Waals surface area contributed by atoms with Gasteiger partial charge in [0.05, 0.1) is 0 Å². The van der Waals surface area contributed by atoms with Crippen molar-refractivity contribution in [3.63, 3.8) is 0 Å². The molecule has 2 aromatic carbocycles. The van der Waals surface area contributed by atoms with Gasteiger partial charge in [-0.3, -0.25) is 9.69 Å². The summed E-state index contributed by atoms with van der Waals surface area (Å²) in [6.07, 6.45) is 1.21. The maximum Gasteiger partial charge on any atom is 0.253 e. The topological polar surface area (TPSA) is 62.5 Å². The first-order chi connectivity index (χ1) is 15.0. The number of amides is 1. The van der Waals surface area contributed by atoms with E-state index in [-0.39, 0.29) is 5.91 Å². The van der Waals surface area contributed by atoms with Crippen LogP contribution in [0.25, 0.3) is 22.9 Å². The second kappa shape index (κ2) is 9.43. The maximum atomic E-state index is 12.9. The highest BCUT2D eigenvalue weighted by molar-refractivity contribution is 5.94. The first-order valence-electron chi connectivity index (χ1n) is 11.0. The predicted octanol–water partition coefficient (Wildman–Crippen LogP) is 4.52. The van der Waals surface area contributed by atoms with E-state index >= 15 is 0 Å². The molecule has 0 aliphatic carbocycles. The normalized spacial score (nSPS) is 14.9. The fourth-order valence-corrected chi connectivity index (χ4v) is 3.79. The van der Waals surface area contributed by atoms with E-state index in [0.717, 1.165) is 49.4 Å². The number of carbonyl (C=O) groups is 1. The Bertz CT molecular complexity index is 1020. The van der Waals surface area contributed by atoms with Gasteiger partial charge >= 0.3 is 0 Å². The van der Waals surface area contributed by atoms with Crippen LogP contribution in [-0.2, 0) is 0 Å². The summed E-state index contributed by atoms with van der Waals surface area (Å²) in [5, 5.41) is 8.35. The van der Waals surface area contributed by atoms with E-state index in [1.165, 1.54) is 6.42 Å². The Balaban J connectivity index is 1.38. The monoisotopic (exact) mass is 418 g/mol. The minimum Gasteiger partial charge on any atom is -0.416 e. The zero-order valence-corrected chi connectivity index (χ0v) is 18.5. The van der Waals surface area contributed by atoms with E-state index in [0.29, 0.717) is 23.3 Å². The van der Waals surface area contributed by atoms with Gasteiger partial charge in [-0.25, -0.2) is 0 Å². The van der Waals surface area contributed by atoms with Gasteiger partial charge in [-0.2, -0.15) is 0 Å². The van der Waals surface area contributed by atoms with Crippen LogP contribution in [0, 0.1) is 12.8 Å². The van der Waals surface area contributed by atoms with Crippen molar-refractivity contribution in [3.05, 3.63) is 59.7 Å². The molecule has 6 heteroatoms. The van der Waals surface area contributed by atoms with E-state index in [1.54, 1.807) is 0 Å². The van der Waals surface area contributed by atoms with Gasteiger partial charge in [-0.05, 0) is 62.2 Å². The first-order valence-corrected chi connectivity index (χ1v) is 11.0. The lowest BCUT2D eigenvalue weighted by Crippen LogP contribution is -2.48. The molecule has 1 saturated heterocycles.